The molecule has 20 heavy (non-hydrogen) atoms. The number of aryl methyl sites for hydroxylation is 1. The van der Waals surface area contributed by atoms with Gasteiger partial charge in [-0.2, -0.15) is 0 Å². The summed E-state index contributed by atoms with van der Waals surface area (Å²) >= 11 is 11.7. The molecular formula is C12H9Cl2N3O3. The fourth-order valence-electron chi connectivity index (χ4n) is 1.81. The highest BCUT2D eigenvalue weighted by Gasteiger charge is 2.18. The number of nitro benzene ring substituents is 1. The minimum Gasteiger partial charge on any atom is -0.292 e. The van der Waals surface area contributed by atoms with Gasteiger partial charge in [-0.25, -0.2) is 4.98 Å². The predicted molar refractivity (Wildman–Crippen MR) is 75.5 cm³/mol. The lowest BCUT2D eigenvalue weighted by Gasteiger charge is -2.10. The van der Waals surface area contributed by atoms with E-state index in [4.69, 9.17) is 23.2 Å². The summed E-state index contributed by atoms with van der Waals surface area (Å²) in [5.74, 6) is 0.358. The average molecular weight is 314 g/mol. The maximum atomic E-state index is 11.9. The van der Waals surface area contributed by atoms with Crippen LogP contribution in [0.15, 0.2) is 29.1 Å². The number of nitrogens with zero attached hydrogens (tertiary/aromatic N) is 3. The molecule has 0 bridgehead atoms. The van der Waals surface area contributed by atoms with Gasteiger partial charge in [-0.05, 0) is 13.0 Å². The van der Waals surface area contributed by atoms with Crippen LogP contribution in [0.25, 0.3) is 0 Å². The van der Waals surface area contributed by atoms with E-state index in [-0.39, 0.29) is 28.0 Å². The van der Waals surface area contributed by atoms with Crippen molar-refractivity contribution in [2.75, 3.05) is 0 Å². The third-order valence-electron chi connectivity index (χ3n) is 2.77. The number of hydrogen-bond donors (Lipinski definition) is 0. The molecule has 1 aromatic heterocycles. The molecule has 1 heterocycles. The molecule has 0 fully saturated rings. The van der Waals surface area contributed by atoms with Gasteiger partial charge < -0.3 is 0 Å². The van der Waals surface area contributed by atoms with Crippen LogP contribution in [0.4, 0.5) is 5.69 Å². The molecule has 0 aliphatic heterocycles. The summed E-state index contributed by atoms with van der Waals surface area (Å²) in [5.41, 5.74) is -0.274. The van der Waals surface area contributed by atoms with Crippen molar-refractivity contribution in [3.8, 4) is 0 Å². The zero-order valence-electron chi connectivity index (χ0n) is 10.3. The standard InChI is InChI=1S/C12H9Cl2N3O3/c1-7-15-11(14)5-12(18)16(7)6-8-9(13)3-2-4-10(8)17(19)20/h2-5H,6H2,1H3. The minimum absolute atomic E-state index is 0.0369. The van der Waals surface area contributed by atoms with Crippen molar-refractivity contribution in [1.29, 1.82) is 0 Å². The summed E-state index contributed by atoms with van der Waals surface area (Å²) in [4.78, 5) is 26.3. The molecule has 2 aromatic rings. The summed E-state index contributed by atoms with van der Waals surface area (Å²) in [6.07, 6.45) is 0. The van der Waals surface area contributed by atoms with E-state index in [1.54, 1.807) is 6.92 Å². The van der Waals surface area contributed by atoms with E-state index in [0.29, 0.717) is 5.82 Å². The first kappa shape index (κ1) is 14.5. The number of halogens is 2. The van der Waals surface area contributed by atoms with E-state index >= 15 is 0 Å². The fourth-order valence-corrected chi connectivity index (χ4v) is 2.26. The first-order valence-corrected chi connectivity index (χ1v) is 6.31. The lowest BCUT2D eigenvalue weighted by molar-refractivity contribution is -0.385. The van der Waals surface area contributed by atoms with Crippen molar-refractivity contribution < 1.29 is 4.92 Å². The van der Waals surface area contributed by atoms with Crippen LogP contribution in [0.3, 0.4) is 0 Å². The van der Waals surface area contributed by atoms with Crippen molar-refractivity contribution in [3.05, 3.63) is 66.3 Å². The average Bonchev–Trinajstić information content (AvgIpc) is 2.34. The Labute approximate surface area is 123 Å². The summed E-state index contributed by atoms with van der Waals surface area (Å²) in [7, 11) is 0. The van der Waals surface area contributed by atoms with Gasteiger partial charge in [0.15, 0.2) is 0 Å². The molecule has 0 unspecified atom stereocenters. The van der Waals surface area contributed by atoms with Gasteiger partial charge in [-0.15, -0.1) is 0 Å². The Morgan fingerprint density at radius 2 is 2.10 bits per heavy atom. The van der Waals surface area contributed by atoms with Crippen LogP contribution < -0.4 is 5.56 Å². The maximum Gasteiger partial charge on any atom is 0.275 e. The van der Waals surface area contributed by atoms with Gasteiger partial charge in [0.1, 0.15) is 11.0 Å². The highest BCUT2D eigenvalue weighted by molar-refractivity contribution is 6.31. The van der Waals surface area contributed by atoms with Crippen LogP contribution in [-0.4, -0.2) is 14.5 Å². The van der Waals surface area contributed by atoms with Crippen molar-refractivity contribution in [1.82, 2.24) is 9.55 Å². The molecule has 0 radical (unpaired) electrons. The molecule has 0 spiro atoms. The van der Waals surface area contributed by atoms with Crippen LogP contribution in [0.1, 0.15) is 11.4 Å². The van der Waals surface area contributed by atoms with Gasteiger partial charge in [-0.1, -0.05) is 29.3 Å². The largest absolute Gasteiger partial charge is 0.292 e. The Kier molecular flexibility index (Phi) is 4.06. The Morgan fingerprint density at radius 1 is 1.40 bits per heavy atom. The second kappa shape index (κ2) is 5.60. The first-order valence-electron chi connectivity index (χ1n) is 5.56. The van der Waals surface area contributed by atoms with Gasteiger partial charge in [-0.3, -0.25) is 19.5 Å². The lowest BCUT2D eigenvalue weighted by Crippen LogP contribution is -2.24. The van der Waals surface area contributed by atoms with Gasteiger partial charge in [0.2, 0.25) is 0 Å². The Morgan fingerprint density at radius 3 is 2.70 bits per heavy atom. The van der Waals surface area contributed by atoms with Gasteiger partial charge in [0.05, 0.1) is 22.1 Å². The van der Waals surface area contributed by atoms with E-state index in [1.165, 1.54) is 22.8 Å². The summed E-state index contributed by atoms with van der Waals surface area (Å²) in [6.45, 7) is 1.56. The Hall–Kier alpha value is -1.92. The van der Waals surface area contributed by atoms with E-state index in [9.17, 15) is 14.9 Å². The molecule has 8 heteroatoms. The Balaban J connectivity index is 2.56. The van der Waals surface area contributed by atoms with Crippen LogP contribution in [-0.2, 0) is 6.54 Å². The summed E-state index contributed by atoms with van der Waals surface area (Å²) in [6, 6.07) is 5.51. The SMILES string of the molecule is Cc1nc(Cl)cc(=O)n1Cc1c(Cl)cccc1[N+](=O)[O-]. The van der Waals surface area contributed by atoms with Gasteiger partial charge in [0, 0.05) is 12.1 Å². The van der Waals surface area contributed by atoms with E-state index in [2.05, 4.69) is 4.98 Å². The van der Waals surface area contributed by atoms with Crippen LogP contribution in [0.2, 0.25) is 10.2 Å². The molecular weight excluding hydrogens is 305 g/mol. The molecule has 2 rings (SSSR count). The number of rotatable bonds is 3. The molecule has 1 aromatic carbocycles. The number of aromatic nitrogens is 2. The summed E-state index contributed by atoms with van der Waals surface area (Å²) in [5, 5.41) is 11.3. The van der Waals surface area contributed by atoms with Gasteiger partial charge >= 0.3 is 0 Å². The highest BCUT2D eigenvalue weighted by Crippen LogP contribution is 2.26. The smallest absolute Gasteiger partial charge is 0.275 e. The van der Waals surface area contributed by atoms with Crippen molar-refractivity contribution in [2.24, 2.45) is 0 Å². The Bertz CT molecular complexity index is 743. The molecule has 0 amide bonds. The zero-order valence-corrected chi connectivity index (χ0v) is 11.9. The summed E-state index contributed by atoms with van der Waals surface area (Å²) < 4.78 is 1.28. The predicted octanol–water partition coefficient (Wildman–Crippen LogP) is 2.82. The quantitative estimate of drug-likeness (QED) is 0.496. The van der Waals surface area contributed by atoms with E-state index in [0.717, 1.165) is 6.07 Å². The van der Waals surface area contributed by atoms with Crippen molar-refractivity contribution in [2.45, 2.75) is 13.5 Å². The van der Waals surface area contributed by atoms with Gasteiger partial charge in [0.25, 0.3) is 11.2 Å². The number of nitro groups is 1. The molecule has 0 aliphatic rings. The van der Waals surface area contributed by atoms with Crippen LogP contribution in [0, 0.1) is 17.0 Å². The highest BCUT2D eigenvalue weighted by atomic mass is 35.5. The third kappa shape index (κ3) is 2.81. The van der Waals surface area contributed by atoms with Crippen molar-refractivity contribution >= 4 is 28.9 Å². The molecule has 0 atom stereocenters. The molecule has 0 saturated carbocycles. The van der Waals surface area contributed by atoms with Crippen LogP contribution >= 0.6 is 23.2 Å². The topological polar surface area (TPSA) is 78.0 Å². The first-order chi connectivity index (χ1) is 9.40. The van der Waals surface area contributed by atoms with Crippen LogP contribution in [0.5, 0.6) is 0 Å². The lowest BCUT2D eigenvalue weighted by atomic mass is 10.1. The minimum atomic E-state index is -0.537. The monoisotopic (exact) mass is 313 g/mol. The van der Waals surface area contributed by atoms with E-state index in [1.807, 2.05) is 0 Å². The van der Waals surface area contributed by atoms with Crippen molar-refractivity contribution in [3.63, 3.8) is 0 Å². The normalized spacial score (nSPS) is 10.6. The van der Waals surface area contributed by atoms with E-state index < -0.39 is 10.5 Å². The fraction of sp³-hybridized carbons (Fsp3) is 0.167. The molecule has 6 nitrogen and oxygen atoms in total. The zero-order chi connectivity index (χ0) is 14.9. The number of hydrogen-bond acceptors (Lipinski definition) is 4. The second-order valence-electron chi connectivity index (χ2n) is 4.05. The number of benzene rings is 1. The molecule has 0 N–H and O–H groups in total. The molecule has 104 valence electrons. The molecule has 0 aliphatic carbocycles. The maximum absolute atomic E-state index is 11.9. The molecule has 0 saturated heterocycles. The second-order valence-corrected chi connectivity index (χ2v) is 4.84. The third-order valence-corrected chi connectivity index (χ3v) is 3.32.